The highest BCUT2D eigenvalue weighted by atomic mass is 32.2. The lowest BCUT2D eigenvalue weighted by Gasteiger charge is -2.21. The van der Waals surface area contributed by atoms with Crippen molar-refractivity contribution in [2.75, 3.05) is 10.6 Å². The van der Waals surface area contributed by atoms with Crippen molar-refractivity contribution in [1.29, 1.82) is 5.26 Å². The molecule has 23 heavy (non-hydrogen) atoms. The molecule has 0 unspecified atom stereocenters. The van der Waals surface area contributed by atoms with E-state index in [-0.39, 0.29) is 12.0 Å². The maximum Gasteiger partial charge on any atom is 0.232 e. The first-order valence-electron chi connectivity index (χ1n) is 7.04. The number of rotatable bonds is 4. The third-order valence-corrected chi connectivity index (χ3v) is 4.40. The van der Waals surface area contributed by atoms with Crippen LogP contribution in [-0.2, 0) is 22.0 Å². The molecule has 2 aromatic rings. The van der Waals surface area contributed by atoms with Gasteiger partial charge in [0.05, 0.1) is 29.8 Å². The van der Waals surface area contributed by atoms with Crippen LogP contribution in [0.4, 0.5) is 5.69 Å². The summed E-state index contributed by atoms with van der Waals surface area (Å²) in [6.07, 6.45) is 2.74. The van der Waals surface area contributed by atoms with Gasteiger partial charge in [-0.05, 0) is 24.3 Å². The van der Waals surface area contributed by atoms with Crippen LogP contribution in [0.25, 0.3) is 0 Å². The van der Waals surface area contributed by atoms with Gasteiger partial charge in [0.25, 0.3) is 0 Å². The van der Waals surface area contributed by atoms with Crippen LogP contribution in [0, 0.1) is 11.3 Å². The molecule has 0 spiro atoms. The van der Waals surface area contributed by atoms with Crippen molar-refractivity contribution in [2.45, 2.75) is 32.7 Å². The van der Waals surface area contributed by atoms with Crippen LogP contribution >= 0.6 is 0 Å². The van der Waals surface area contributed by atoms with Crippen LogP contribution < -0.4 is 4.31 Å². The minimum Gasteiger partial charge on any atom is -0.443 e. The van der Waals surface area contributed by atoms with E-state index in [0.29, 0.717) is 22.9 Å². The molecule has 7 heteroatoms. The fraction of sp³-hybridized carbons (Fsp3) is 0.375. The molecule has 0 fully saturated rings. The van der Waals surface area contributed by atoms with Crippen molar-refractivity contribution < 1.29 is 12.8 Å². The van der Waals surface area contributed by atoms with Gasteiger partial charge in [0, 0.05) is 5.41 Å². The van der Waals surface area contributed by atoms with Gasteiger partial charge in [-0.25, -0.2) is 13.4 Å². The minimum atomic E-state index is -3.51. The zero-order chi connectivity index (χ0) is 17.3. The second kappa shape index (κ2) is 6.05. The number of sulfonamides is 1. The molecule has 0 aliphatic carbocycles. The van der Waals surface area contributed by atoms with Crippen molar-refractivity contribution in [1.82, 2.24) is 4.98 Å². The smallest absolute Gasteiger partial charge is 0.232 e. The fourth-order valence-electron chi connectivity index (χ4n) is 1.96. The Morgan fingerprint density at radius 3 is 2.30 bits per heavy atom. The zero-order valence-corrected chi connectivity index (χ0v) is 14.4. The Hall–Kier alpha value is -2.33. The average Bonchev–Trinajstić information content (AvgIpc) is 2.92. The molecule has 0 radical (unpaired) electrons. The van der Waals surface area contributed by atoms with Crippen LogP contribution in [0.15, 0.2) is 34.9 Å². The van der Waals surface area contributed by atoms with Crippen molar-refractivity contribution in [3.63, 3.8) is 0 Å². The molecule has 0 saturated heterocycles. The fourth-order valence-corrected chi connectivity index (χ4v) is 2.80. The van der Waals surface area contributed by atoms with Crippen molar-refractivity contribution in [3.8, 4) is 6.07 Å². The van der Waals surface area contributed by atoms with Gasteiger partial charge in [0.1, 0.15) is 12.3 Å². The van der Waals surface area contributed by atoms with Gasteiger partial charge in [-0.1, -0.05) is 20.8 Å². The van der Waals surface area contributed by atoms with E-state index < -0.39 is 10.0 Å². The van der Waals surface area contributed by atoms with E-state index >= 15 is 0 Å². The Bertz CT molecular complexity index is 825. The number of hydrogen-bond acceptors (Lipinski definition) is 5. The first-order valence-corrected chi connectivity index (χ1v) is 8.89. The van der Waals surface area contributed by atoms with Gasteiger partial charge >= 0.3 is 0 Å². The lowest BCUT2D eigenvalue weighted by molar-refractivity contribution is 0.383. The quantitative estimate of drug-likeness (QED) is 0.858. The summed E-state index contributed by atoms with van der Waals surface area (Å²) in [6.45, 7) is 5.98. The monoisotopic (exact) mass is 333 g/mol. The van der Waals surface area contributed by atoms with E-state index in [1.165, 1.54) is 4.31 Å². The van der Waals surface area contributed by atoms with Crippen LogP contribution in [0.3, 0.4) is 0 Å². The van der Waals surface area contributed by atoms with E-state index in [9.17, 15) is 8.42 Å². The lowest BCUT2D eigenvalue weighted by atomic mass is 9.94. The second-order valence-electron chi connectivity index (χ2n) is 6.30. The molecule has 0 saturated carbocycles. The average molecular weight is 333 g/mol. The molecule has 2 rings (SSSR count). The molecule has 122 valence electrons. The molecular weight excluding hydrogens is 314 g/mol. The predicted octanol–water partition coefficient (Wildman–Crippen LogP) is 2.81. The maximum absolute atomic E-state index is 12.1. The van der Waals surface area contributed by atoms with E-state index in [1.54, 1.807) is 30.5 Å². The van der Waals surface area contributed by atoms with E-state index in [2.05, 4.69) is 4.98 Å². The summed E-state index contributed by atoms with van der Waals surface area (Å²) < 4.78 is 31.0. The van der Waals surface area contributed by atoms with Gasteiger partial charge in [-0.15, -0.1) is 0 Å². The van der Waals surface area contributed by atoms with Gasteiger partial charge in [-0.2, -0.15) is 5.26 Å². The molecule has 1 aromatic heterocycles. The summed E-state index contributed by atoms with van der Waals surface area (Å²) in [7, 11) is -3.51. The standard InChI is InChI=1S/C16H19N3O3S/c1-16(2,3)14-10-18-15(22-14)11-19(23(4,20)21)13-7-5-12(9-17)6-8-13/h5-8,10H,11H2,1-4H3. The number of anilines is 1. The zero-order valence-electron chi connectivity index (χ0n) is 13.6. The summed E-state index contributed by atoms with van der Waals surface area (Å²) in [6, 6.07) is 8.33. The number of nitriles is 1. The highest BCUT2D eigenvalue weighted by Crippen LogP contribution is 2.25. The summed E-state index contributed by atoms with van der Waals surface area (Å²) in [5.41, 5.74) is 0.727. The van der Waals surface area contributed by atoms with E-state index in [4.69, 9.17) is 9.68 Å². The predicted molar refractivity (Wildman–Crippen MR) is 87.4 cm³/mol. The van der Waals surface area contributed by atoms with Crippen molar-refractivity contribution in [3.05, 3.63) is 47.7 Å². The summed E-state index contributed by atoms with van der Waals surface area (Å²) >= 11 is 0. The van der Waals surface area contributed by atoms with E-state index in [1.807, 2.05) is 26.8 Å². The Kier molecular flexibility index (Phi) is 4.48. The van der Waals surface area contributed by atoms with Crippen LogP contribution in [0.5, 0.6) is 0 Å². The topological polar surface area (TPSA) is 87.2 Å². The molecular formula is C16H19N3O3S. The highest BCUT2D eigenvalue weighted by molar-refractivity contribution is 7.92. The first kappa shape index (κ1) is 17.0. The molecule has 0 aliphatic rings. The molecule has 1 aromatic carbocycles. The molecule has 6 nitrogen and oxygen atoms in total. The third-order valence-electron chi connectivity index (χ3n) is 3.26. The van der Waals surface area contributed by atoms with Gasteiger partial charge < -0.3 is 4.42 Å². The number of hydrogen-bond donors (Lipinski definition) is 0. The summed E-state index contributed by atoms with van der Waals surface area (Å²) in [5, 5.41) is 8.83. The van der Waals surface area contributed by atoms with Crippen LogP contribution in [0.2, 0.25) is 0 Å². The Labute approximate surface area is 136 Å². The highest BCUT2D eigenvalue weighted by Gasteiger charge is 2.23. The minimum absolute atomic E-state index is 0.000807. The molecule has 0 atom stereocenters. The molecule has 0 N–H and O–H groups in total. The number of nitrogens with zero attached hydrogens (tertiary/aromatic N) is 3. The molecule has 0 aliphatic heterocycles. The largest absolute Gasteiger partial charge is 0.443 e. The Morgan fingerprint density at radius 1 is 1.26 bits per heavy atom. The molecule has 1 heterocycles. The number of oxazole rings is 1. The van der Waals surface area contributed by atoms with Gasteiger partial charge in [0.2, 0.25) is 15.9 Å². The Morgan fingerprint density at radius 2 is 1.87 bits per heavy atom. The summed E-state index contributed by atoms with van der Waals surface area (Å²) in [5.74, 6) is 1.02. The molecule has 0 bridgehead atoms. The molecule has 0 amide bonds. The normalized spacial score (nSPS) is 12.0. The van der Waals surface area contributed by atoms with Crippen LogP contribution in [-0.4, -0.2) is 19.7 Å². The summed E-state index contributed by atoms with van der Waals surface area (Å²) in [4.78, 5) is 4.17. The Balaban J connectivity index is 2.33. The number of benzene rings is 1. The SMILES string of the molecule is CC(C)(C)c1cnc(CN(c2ccc(C#N)cc2)S(C)(=O)=O)o1. The second-order valence-corrected chi connectivity index (χ2v) is 8.20. The van der Waals surface area contributed by atoms with Gasteiger partial charge in [-0.3, -0.25) is 4.31 Å². The lowest BCUT2D eigenvalue weighted by Crippen LogP contribution is -2.29. The van der Waals surface area contributed by atoms with E-state index in [0.717, 1.165) is 6.26 Å². The first-order chi connectivity index (χ1) is 10.6. The van der Waals surface area contributed by atoms with Crippen molar-refractivity contribution in [2.24, 2.45) is 0 Å². The maximum atomic E-state index is 12.1. The van der Waals surface area contributed by atoms with Gasteiger partial charge in [0.15, 0.2) is 0 Å². The third kappa shape index (κ3) is 4.11. The van der Waals surface area contributed by atoms with Crippen LogP contribution in [0.1, 0.15) is 38.0 Å². The number of aromatic nitrogens is 1. The van der Waals surface area contributed by atoms with Crippen molar-refractivity contribution >= 4 is 15.7 Å².